The van der Waals surface area contributed by atoms with E-state index in [0.717, 1.165) is 11.1 Å². The van der Waals surface area contributed by atoms with Gasteiger partial charge in [0.2, 0.25) is 5.91 Å². The van der Waals surface area contributed by atoms with E-state index in [2.05, 4.69) is 16.2 Å². The predicted molar refractivity (Wildman–Crippen MR) is 122 cm³/mol. The second-order valence-corrected chi connectivity index (χ2v) is 6.80. The summed E-state index contributed by atoms with van der Waals surface area (Å²) in [4.78, 5) is 13.0. The highest BCUT2D eigenvalue weighted by Gasteiger charge is 2.22. The Kier molecular flexibility index (Phi) is 7.24. The molecule has 6 nitrogen and oxygen atoms in total. The van der Waals surface area contributed by atoms with Crippen molar-refractivity contribution in [1.29, 1.82) is 0 Å². The number of hydrogen-bond acceptors (Lipinski definition) is 4. The first-order valence-electron chi connectivity index (χ1n) is 9.31. The zero-order valence-electron chi connectivity index (χ0n) is 16.7. The molecule has 0 aliphatic carbocycles. The Hall–Kier alpha value is -3.58. The molecule has 0 bridgehead atoms. The number of hydrogen-bond donors (Lipinski definition) is 3. The van der Waals surface area contributed by atoms with Crippen molar-refractivity contribution < 1.29 is 14.3 Å². The Morgan fingerprint density at radius 1 is 0.833 bits per heavy atom. The summed E-state index contributed by atoms with van der Waals surface area (Å²) in [5, 5.41) is 3.24. The third kappa shape index (κ3) is 5.27. The van der Waals surface area contributed by atoms with Crippen LogP contribution in [0.2, 0.25) is 0 Å². The van der Waals surface area contributed by atoms with Crippen LogP contribution in [-0.2, 0) is 4.79 Å². The van der Waals surface area contributed by atoms with Crippen LogP contribution in [0.1, 0.15) is 17.0 Å². The molecule has 0 heterocycles. The van der Waals surface area contributed by atoms with Crippen molar-refractivity contribution in [2.75, 3.05) is 19.5 Å². The number of carbonyl (C=O) groups excluding carboxylic acids is 1. The van der Waals surface area contributed by atoms with E-state index < -0.39 is 5.92 Å². The maximum atomic E-state index is 13.0. The predicted octanol–water partition coefficient (Wildman–Crippen LogP) is 3.85. The summed E-state index contributed by atoms with van der Waals surface area (Å²) < 4.78 is 10.5. The largest absolute Gasteiger partial charge is 0.497 e. The van der Waals surface area contributed by atoms with Gasteiger partial charge < -0.3 is 14.8 Å². The fraction of sp³-hybridized carbons (Fsp3) is 0.130. The molecule has 0 aliphatic rings. The van der Waals surface area contributed by atoms with Gasteiger partial charge in [-0.1, -0.05) is 60.7 Å². The van der Waals surface area contributed by atoms with Crippen LogP contribution in [0.4, 0.5) is 5.69 Å². The maximum Gasteiger partial charge on any atom is 0.250 e. The zero-order valence-corrected chi connectivity index (χ0v) is 17.5. The Bertz CT molecular complexity index is 958. The van der Waals surface area contributed by atoms with Crippen molar-refractivity contribution in [3.63, 3.8) is 0 Å². The molecule has 30 heavy (non-hydrogen) atoms. The smallest absolute Gasteiger partial charge is 0.250 e. The molecule has 0 radical (unpaired) electrons. The summed E-state index contributed by atoms with van der Waals surface area (Å²) in [6.07, 6.45) is 0. The Balaban J connectivity index is 1.69. The zero-order chi connectivity index (χ0) is 21.3. The minimum absolute atomic E-state index is 0.224. The Labute approximate surface area is 181 Å². The van der Waals surface area contributed by atoms with Gasteiger partial charge >= 0.3 is 0 Å². The lowest BCUT2D eigenvalue weighted by Crippen LogP contribution is -2.46. The van der Waals surface area contributed by atoms with Crippen LogP contribution in [0.15, 0.2) is 78.9 Å². The molecule has 0 aromatic heterocycles. The molecular formula is C23H23N3O3S. The van der Waals surface area contributed by atoms with E-state index in [4.69, 9.17) is 21.7 Å². The molecule has 0 spiro atoms. The van der Waals surface area contributed by atoms with Gasteiger partial charge in [-0.2, -0.15) is 0 Å². The first-order chi connectivity index (χ1) is 14.6. The maximum absolute atomic E-state index is 13.0. The van der Waals surface area contributed by atoms with E-state index >= 15 is 0 Å². The van der Waals surface area contributed by atoms with Gasteiger partial charge in [0.25, 0.3) is 0 Å². The van der Waals surface area contributed by atoms with E-state index in [-0.39, 0.29) is 11.0 Å². The summed E-state index contributed by atoms with van der Waals surface area (Å²) >= 11 is 5.32. The van der Waals surface area contributed by atoms with Gasteiger partial charge in [0, 0.05) is 6.07 Å². The van der Waals surface area contributed by atoms with E-state index in [1.807, 2.05) is 60.7 Å². The number of carbonyl (C=O) groups is 1. The molecule has 154 valence electrons. The molecule has 3 N–H and O–H groups in total. The average Bonchev–Trinajstić information content (AvgIpc) is 2.79. The van der Waals surface area contributed by atoms with Crippen molar-refractivity contribution in [1.82, 2.24) is 10.9 Å². The minimum atomic E-state index is -0.474. The second kappa shape index (κ2) is 10.3. The topological polar surface area (TPSA) is 71.6 Å². The second-order valence-electron chi connectivity index (χ2n) is 6.39. The number of nitrogens with one attached hydrogen (secondary N) is 3. The van der Waals surface area contributed by atoms with Crippen LogP contribution in [0.5, 0.6) is 11.5 Å². The molecule has 0 aliphatic heterocycles. The molecule has 7 heteroatoms. The molecule has 0 fully saturated rings. The highest BCUT2D eigenvalue weighted by atomic mass is 32.1. The summed E-state index contributed by atoms with van der Waals surface area (Å²) in [5.41, 5.74) is 7.89. The van der Waals surface area contributed by atoms with Crippen LogP contribution in [-0.4, -0.2) is 25.2 Å². The first-order valence-corrected chi connectivity index (χ1v) is 9.72. The van der Waals surface area contributed by atoms with Crippen molar-refractivity contribution in [2.24, 2.45) is 0 Å². The molecule has 3 aromatic rings. The van der Waals surface area contributed by atoms with E-state index in [1.165, 1.54) is 0 Å². The normalized spacial score (nSPS) is 10.2. The number of hydrazine groups is 1. The summed E-state index contributed by atoms with van der Waals surface area (Å²) in [6.45, 7) is 0. The van der Waals surface area contributed by atoms with Gasteiger partial charge in [-0.25, -0.2) is 0 Å². The highest BCUT2D eigenvalue weighted by molar-refractivity contribution is 7.80. The van der Waals surface area contributed by atoms with Gasteiger partial charge in [0.05, 0.1) is 25.8 Å². The third-order valence-corrected chi connectivity index (χ3v) is 4.69. The number of thiocarbonyl (C=S) groups is 1. The lowest BCUT2D eigenvalue weighted by atomic mass is 9.91. The quantitative estimate of drug-likeness (QED) is 0.415. The van der Waals surface area contributed by atoms with Gasteiger partial charge in [-0.15, -0.1) is 0 Å². The molecule has 1 amide bonds. The standard InChI is InChI=1S/C23H23N3O3S/c1-28-18-13-14-19(20(15-18)29-2)24-23(30)26-25-22(27)21(16-9-5-3-6-10-16)17-11-7-4-8-12-17/h3-15,21H,1-2H3,(H,25,27)(H2,24,26,30). The fourth-order valence-corrected chi connectivity index (χ4v) is 3.19. The van der Waals surface area contributed by atoms with Crippen molar-refractivity contribution in [2.45, 2.75) is 5.92 Å². The molecule has 3 rings (SSSR count). The van der Waals surface area contributed by atoms with Crippen molar-refractivity contribution in [3.8, 4) is 11.5 Å². The first kappa shape index (κ1) is 21.1. The summed E-state index contributed by atoms with van der Waals surface area (Å²) in [7, 11) is 3.14. The fourth-order valence-electron chi connectivity index (χ4n) is 3.03. The minimum Gasteiger partial charge on any atom is -0.497 e. The average molecular weight is 422 g/mol. The van der Waals surface area contributed by atoms with Crippen LogP contribution in [0.25, 0.3) is 0 Å². The number of benzene rings is 3. The molecule has 0 saturated heterocycles. The molecule has 0 saturated carbocycles. The Morgan fingerprint density at radius 3 is 1.97 bits per heavy atom. The van der Waals surface area contributed by atoms with E-state index in [1.54, 1.807) is 32.4 Å². The number of amides is 1. The van der Waals surface area contributed by atoms with Crippen molar-refractivity contribution >= 4 is 28.9 Å². The Morgan fingerprint density at radius 2 is 1.43 bits per heavy atom. The van der Waals surface area contributed by atoms with E-state index in [9.17, 15) is 4.79 Å². The lowest BCUT2D eigenvalue weighted by molar-refractivity contribution is -0.122. The number of ether oxygens (including phenoxy) is 2. The molecule has 0 atom stereocenters. The van der Waals surface area contributed by atoms with Gasteiger partial charge in [0.15, 0.2) is 5.11 Å². The van der Waals surface area contributed by atoms with Gasteiger partial charge in [0.1, 0.15) is 11.5 Å². The van der Waals surface area contributed by atoms with Gasteiger partial charge in [-0.3, -0.25) is 15.6 Å². The molecule has 3 aromatic carbocycles. The van der Waals surface area contributed by atoms with Crippen LogP contribution < -0.4 is 25.6 Å². The van der Waals surface area contributed by atoms with Crippen molar-refractivity contribution in [3.05, 3.63) is 90.0 Å². The van der Waals surface area contributed by atoms with E-state index in [0.29, 0.717) is 17.2 Å². The summed E-state index contributed by atoms with van der Waals surface area (Å²) in [6, 6.07) is 24.5. The van der Waals surface area contributed by atoms with Crippen LogP contribution in [0, 0.1) is 0 Å². The summed E-state index contributed by atoms with van der Waals surface area (Å²) in [5.74, 6) is 0.533. The monoisotopic (exact) mass is 421 g/mol. The van der Waals surface area contributed by atoms with Gasteiger partial charge in [-0.05, 0) is 35.5 Å². The number of rotatable bonds is 6. The number of methoxy groups -OCH3 is 2. The third-order valence-electron chi connectivity index (χ3n) is 4.48. The van der Waals surface area contributed by atoms with Crippen LogP contribution in [0.3, 0.4) is 0 Å². The van der Waals surface area contributed by atoms with Crippen LogP contribution >= 0.6 is 12.2 Å². The number of anilines is 1. The molecular weight excluding hydrogens is 398 g/mol. The highest BCUT2D eigenvalue weighted by Crippen LogP contribution is 2.29. The molecule has 0 unspecified atom stereocenters. The lowest BCUT2D eigenvalue weighted by Gasteiger charge is -2.19. The SMILES string of the molecule is COc1ccc(NC(=S)NNC(=O)C(c2ccccc2)c2ccccc2)c(OC)c1.